The molecule has 0 radical (unpaired) electrons. The Kier molecular flexibility index (Phi) is 6.16. The van der Waals surface area contributed by atoms with Crippen molar-refractivity contribution in [2.24, 2.45) is 5.92 Å². The van der Waals surface area contributed by atoms with E-state index in [4.69, 9.17) is 16.6 Å². The van der Waals surface area contributed by atoms with Crippen molar-refractivity contribution in [1.29, 1.82) is 0 Å². The third-order valence-electron chi connectivity index (χ3n) is 5.19. The molecule has 0 aliphatic carbocycles. The molecule has 0 spiro atoms. The fourth-order valence-corrected chi connectivity index (χ4v) is 4.72. The summed E-state index contributed by atoms with van der Waals surface area (Å²) in [5.41, 5.74) is 2.86. The maximum Gasteiger partial charge on any atom is 0.239 e. The molecule has 1 aliphatic rings. The molecule has 1 saturated heterocycles. The van der Waals surface area contributed by atoms with Crippen LogP contribution in [0, 0.1) is 12.8 Å². The van der Waals surface area contributed by atoms with Crippen LogP contribution in [0.4, 0.5) is 5.69 Å². The first-order chi connectivity index (χ1) is 14.5. The summed E-state index contributed by atoms with van der Waals surface area (Å²) >= 11 is 7.56. The van der Waals surface area contributed by atoms with E-state index in [0.717, 1.165) is 26.8 Å². The summed E-state index contributed by atoms with van der Waals surface area (Å²) in [6.07, 6.45) is 1.16. The Balaban J connectivity index is 1.32. The van der Waals surface area contributed by atoms with E-state index in [1.54, 1.807) is 40.5 Å². The molecule has 0 bridgehead atoms. The largest absolute Gasteiger partial charge is 0.355 e. The first-order valence-electron chi connectivity index (χ1n) is 9.89. The van der Waals surface area contributed by atoms with Crippen molar-refractivity contribution in [2.75, 3.05) is 18.0 Å². The summed E-state index contributed by atoms with van der Waals surface area (Å²) in [4.78, 5) is 32.8. The number of carbonyl (C=O) groups is 2. The predicted molar refractivity (Wildman–Crippen MR) is 121 cm³/mol. The molecule has 1 N–H and O–H groups in total. The molecule has 4 rings (SSSR count). The Morgan fingerprint density at radius 1 is 1.20 bits per heavy atom. The number of hydrogen-bond acceptors (Lipinski definition) is 4. The Morgan fingerprint density at radius 3 is 2.67 bits per heavy atom. The molecular formula is C23H22ClN3O2S. The number of thiazole rings is 1. The van der Waals surface area contributed by atoms with Gasteiger partial charge in [-0.3, -0.25) is 9.59 Å². The Morgan fingerprint density at radius 2 is 1.93 bits per heavy atom. The number of nitrogens with one attached hydrogen (secondary N) is 1. The van der Waals surface area contributed by atoms with E-state index < -0.39 is 5.92 Å². The summed E-state index contributed by atoms with van der Waals surface area (Å²) in [5.74, 6) is -1.02. The van der Waals surface area contributed by atoms with Gasteiger partial charge in [-0.25, -0.2) is 4.98 Å². The molecule has 7 heteroatoms. The van der Waals surface area contributed by atoms with Crippen LogP contribution in [0.15, 0.2) is 54.6 Å². The smallest absolute Gasteiger partial charge is 0.239 e. The summed E-state index contributed by atoms with van der Waals surface area (Å²) in [5, 5.41) is 4.51. The van der Waals surface area contributed by atoms with E-state index in [0.29, 0.717) is 31.0 Å². The van der Waals surface area contributed by atoms with Crippen molar-refractivity contribution in [3.05, 3.63) is 69.5 Å². The van der Waals surface area contributed by atoms with Crippen molar-refractivity contribution < 1.29 is 9.59 Å². The molecule has 1 aliphatic heterocycles. The minimum absolute atomic E-state index is 0.161. The highest BCUT2D eigenvalue weighted by Gasteiger charge is 2.37. The van der Waals surface area contributed by atoms with Gasteiger partial charge in [-0.2, -0.15) is 0 Å². The fourth-order valence-electron chi connectivity index (χ4n) is 3.64. The fraction of sp³-hybridized carbons (Fsp3) is 0.261. The van der Waals surface area contributed by atoms with Gasteiger partial charge in [0, 0.05) is 40.7 Å². The van der Waals surface area contributed by atoms with Gasteiger partial charge < -0.3 is 10.2 Å². The third-order valence-corrected chi connectivity index (χ3v) is 6.47. The van der Waals surface area contributed by atoms with Gasteiger partial charge in [0.25, 0.3) is 0 Å². The molecule has 3 aromatic rings. The van der Waals surface area contributed by atoms with Gasteiger partial charge >= 0.3 is 0 Å². The van der Waals surface area contributed by atoms with E-state index in [9.17, 15) is 9.59 Å². The highest BCUT2D eigenvalue weighted by Crippen LogP contribution is 2.28. The van der Waals surface area contributed by atoms with Gasteiger partial charge in [0.05, 0.1) is 10.7 Å². The number of rotatable bonds is 6. The van der Waals surface area contributed by atoms with Gasteiger partial charge in [0.2, 0.25) is 11.8 Å². The monoisotopic (exact) mass is 439 g/mol. The summed E-state index contributed by atoms with van der Waals surface area (Å²) in [6.45, 7) is 3.06. The quantitative estimate of drug-likeness (QED) is 0.576. The van der Waals surface area contributed by atoms with E-state index in [1.165, 1.54) is 0 Å². The molecule has 2 aromatic carbocycles. The van der Waals surface area contributed by atoms with Crippen molar-refractivity contribution in [2.45, 2.75) is 19.8 Å². The second-order valence-corrected chi connectivity index (χ2v) is 8.95. The SMILES string of the molecule is Cc1sc(CCNC(=O)[C@@H]2CCN(c3ccc(Cl)cc3)C2=O)nc1-c1ccccc1. The first-order valence-corrected chi connectivity index (χ1v) is 11.1. The Hall–Kier alpha value is -2.70. The van der Waals surface area contributed by atoms with E-state index >= 15 is 0 Å². The molecule has 1 aromatic heterocycles. The topological polar surface area (TPSA) is 62.3 Å². The number of aromatic nitrogens is 1. The molecule has 1 atom stereocenters. The van der Waals surface area contributed by atoms with E-state index in [1.807, 2.05) is 30.3 Å². The maximum atomic E-state index is 12.7. The summed E-state index contributed by atoms with van der Waals surface area (Å²) < 4.78 is 0. The Bertz CT molecular complexity index is 1050. The third kappa shape index (κ3) is 4.40. The lowest BCUT2D eigenvalue weighted by atomic mass is 10.1. The van der Waals surface area contributed by atoms with Gasteiger partial charge in [-0.15, -0.1) is 11.3 Å². The Labute approximate surface area is 184 Å². The summed E-state index contributed by atoms with van der Waals surface area (Å²) in [6, 6.07) is 17.2. The van der Waals surface area contributed by atoms with Gasteiger partial charge in [0.15, 0.2) is 0 Å². The van der Waals surface area contributed by atoms with Crippen LogP contribution >= 0.6 is 22.9 Å². The molecule has 0 saturated carbocycles. The zero-order valence-corrected chi connectivity index (χ0v) is 18.2. The van der Waals surface area contributed by atoms with Crippen LogP contribution in [0.2, 0.25) is 5.02 Å². The number of amides is 2. The minimum atomic E-state index is -0.640. The molecule has 2 amide bonds. The van der Waals surface area contributed by atoms with Crippen molar-refractivity contribution >= 4 is 40.4 Å². The predicted octanol–water partition coefficient (Wildman–Crippen LogP) is 4.48. The summed E-state index contributed by atoms with van der Waals surface area (Å²) in [7, 11) is 0. The van der Waals surface area contributed by atoms with Crippen molar-refractivity contribution in [1.82, 2.24) is 10.3 Å². The molecule has 1 fully saturated rings. The number of benzene rings is 2. The van der Waals surface area contributed by atoms with Gasteiger partial charge in [-0.1, -0.05) is 41.9 Å². The van der Waals surface area contributed by atoms with Crippen LogP contribution < -0.4 is 10.2 Å². The normalized spacial score (nSPS) is 16.1. The molecule has 154 valence electrons. The molecule has 5 nitrogen and oxygen atoms in total. The zero-order valence-electron chi connectivity index (χ0n) is 16.6. The van der Waals surface area contributed by atoms with Crippen LogP contribution in [0.3, 0.4) is 0 Å². The standard InChI is InChI=1S/C23H22ClN3O2S/c1-15-21(16-5-3-2-4-6-16)26-20(30-15)11-13-25-22(28)19-12-14-27(23(19)29)18-9-7-17(24)8-10-18/h2-10,19H,11-14H2,1H3,(H,25,28)/t19-/m0/s1. The molecule has 30 heavy (non-hydrogen) atoms. The van der Waals surface area contributed by atoms with E-state index in [-0.39, 0.29) is 11.8 Å². The lowest BCUT2D eigenvalue weighted by molar-refractivity contribution is -0.132. The maximum absolute atomic E-state index is 12.7. The minimum Gasteiger partial charge on any atom is -0.355 e. The molecule has 0 unspecified atom stereocenters. The highest BCUT2D eigenvalue weighted by atomic mass is 35.5. The average Bonchev–Trinajstić information content (AvgIpc) is 3.32. The van der Waals surface area contributed by atoms with Crippen LogP contribution in [-0.2, 0) is 16.0 Å². The first kappa shape index (κ1) is 20.6. The van der Waals surface area contributed by atoms with Crippen LogP contribution in [-0.4, -0.2) is 29.9 Å². The number of carbonyl (C=O) groups excluding carboxylic acids is 2. The van der Waals surface area contributed by atoms with E-state index in [2.05, 4.69) is 12.2 Å². The van der Waals surface area contributed by atoms with Gasteiger partial charge in [-0.05, 0) is 37.6 Å². The zero-order chi connectivity index (χ0) is 21.1. The number of halogens is 1. The molecule has 2 heterocycles. The number of hydrogen-bond donors (Lipinski definition) is 1. The molecular weight excluding hydrogens is 418 g/mol. The lowest BCUT2D eigenvalue weighted by Gasteiger charge is -2.16. The second kappa shape index (κ2) is 8.98. The second-order valence-electron chi connectivity index (χ2n) is 7.23. The van der Waals surface area contributed by atoms with Crippen LogP contribution in [0.5, 0.6) is 0 Å². The lowest BCUT2D eigenvalue weighted by Crippen LogP contribution is -2.37. The van der Waals surface area contributed by atoms with Gasteiger partial charge in [0.1, 0.15) is 5.92 Å². The number of aryl methyl sites for hydroxylation is 1. The number of nitrogens with zero attached hydrogens (tertiary/aromatic N) is 2. The van der Waals surface area contributed by atoms with Crippen molar-refractivity contribution in [3.8, 4) is 11.3 Å². The van der Waals surface area contributed by atoms with Crippen LogP contribution in [0.25, 0.3) is 11.3 Å². The average molecular weight is 440 g/mol. The highest BCUT2D eigenvalue weighted by molar-refractivity contribution is 7.12. The van der Waals surface area contributed by atoms with Crippen molar-refractivity contribution in [3.63, 3.8) is 0 Å². The van der Waals surface area contributed by atoms with Crippen LogP contribution in [0.1, 0.15) is 16.3 Å². The number of anilines is 1.